The fourth-order valence-corrected chi connectivity index (χ4v) is 5.21. The zero-order chi connectivity index (χ0) is 15.8. The summed E-state index contributed by atoms with van der Waals surface area (Å²) in [6.07, 6.45) is 3.89. The maximum absolute atomic E-state index is 12.8. The van der Waals surface area contributed by atoms with E-state index in [9.17, 15) is 8.42 Å². The molecule has 2 rings (SSSR count). The molecule has 0 heterocycles. The topological polar surface area (TPSA) is 37.4 Å². The summed E-state index contributed by atoms with van der Waals surface area (Å²) in [5.41, 5.74) is 0.316. The zero-order valence-electron chi connectivity index (χ0n) is 12.6. The molecular weight excluding hydrogens is 374 g/mol. The molecule has 0 amide bonds. The second kappa shape index (κ2) is 6.19. The fourth-order valence-electron chi connectivity index (χ4n) is 2.78. The molecular formula is C15H21BrClNO2S. The lowest BCUT2D eigenvalue weighted by molar-refractivity contribution is 0.174. The van der Waals surface area contributed by atoms with E-state index in [-0.39, 0.29) is 16.0 Å². The minimum absolute atomic E-state index is 0.0581. The number of sulfonamides is 1. The molecule has 118 valence electrons. The molecule has 1 fully saturated rings. The molecule has 0 unspecified atom stereocenters. The Balaban J connectivity index is 2.23. The van der Waals surface area contributed by atoms with Crippen LogP contribution in [0.15, 0.2) is 27.6 Å². The highest BCUT2D eigenvalue weighted by Crippen LogP contribution is 2.38. The summed E-state index contributed by atoms with van der Waals surface area (Å²) in [6.45, 7) is 4.48. The van der Waals surface area contributed by atoms with Gasteiger partial charge in [-0.25, -0.2) is 8.42 Å². The number of benzene rings is 1. The standard InChI is InChI=1S/C15H21BrClNO2S/c1-15(2)8-6-12(7-9-15)18(3)21(19,20)14-5-4-11(16)10-13(14)17/h4-5,10,12H,6-9H2,1-3H3. The molecule has 0 saturated heterocycles. The van der Waals surface area contributed by atoms with Gasteiger partial charge in [0.05, 0.1) is 5.02 Å². The van der Waals surface area contributed by atoms with Crippen molar-refractivity contribution in [2.45, 2.75) is 50.5 Å². The second-order valence-corrected chi connectivity index (χ2v) is 9.78. The lowest BCUT2D eigenvalue weighted by Gasteiger charge is -2.38. The van der Waals surface area contributed by atoms with Crippen molar-refractivity contribution in [1.29, 1.82) is 0 Å². The summed E-state index contributed by atoms with van der Waals surface area (Å²) in [6, 6.07) is 4.94. The van der Waals surface area contributed by atoms with Gasteiger partial charge in [0.15, 0.2) is 0 Å². The Morgan fingerprint density at radius 2 is 1.86 bits per heavy atom. The molecule has 0 atom stereocenters. The van der Waals surface area contributed by atoms with Crippen LogP contribution in [-0.2, 0) is 10.0 Å². The van der Waals surface area contributed by atoms with Crippen molar-refractivity contribution in [2.24, 2.45) is 5.41 Å². The third-order valence-corrected chi connectivity index (χ3v) is 7.26. The van der Waals surface area contributed by atoms with E-state index in [2.05, 4.69) is 29.8 Å². The summed E-state index contributed by atoms with van der Waals surface area (Å²) in [5.74, 6) is 0. The van der Waals surface area contributed by atoms with Crippen LogP contribution in [0, 0.1) is 5.41 Å². The van der Waals surface area contributed by atoms with Crippen molar-refractivity contribution in [3.05, 3.63) is 27.7 Å². The average Bonchev–Trinajstić information content (AvgIpc) is 2.37. The van der Waals surface area contributed by atoms with E-state index >= 15 is 0 Å². The van der Waals surface area contributed by atoms with E-state index in [1.54, 1.807) is 25.2 Å². The molecule has 1 aromatic rings. The second-order valence-electron chi connectivity index (χ2n) is 6.49. The molecule has 3 nitrogen and oxygen atoms in total. The number of hydrogen-bond donors (Lipinski definition) is 0. The quantitative estimate of drug-likeness (QED) is 0.745. The van der Waals surface area contributed by atoms with Crippen molar-refractivity contribution in [3.63, 3.8) is 0 Å². The van der Waals surface area contributed by atoms with E-state index < -0.39 is 10.0 Å². The first-order chi connectivity index (χ1) is 9.63. The van der Waals surface area contributed by atoms with Crippen LogP contribution in [0.2, 0.25) is 5.02 Å². The molecule has 1 aliphatic carbocycles. The van der Waals surface area contributed by atoms with Crippen molar-refractivity contribution < 1.29 is 8.42 Å². The van der Waals surface area contributed by atoms with Gasteiger partial charge in [-0.05, 0) is 49.3 Å². The van der Waals surface area contributed by atoms with Crippen LogP contribution >= 0.6 is 27.5 Å². The molecule has 0 radical (unpaired) electrons. The van der Waals surface area contributed by atoms with E-state index in [1.165, 1.54) is 4.31 Å². The Hall–Kier alpha value is -0.100. The van der Waals surface area contributed by atoms with Gasteiger partial charge in [-0.1, -0.05) is 41.4 Å². The van der Waals surface area contributed by atoms with Crippen molar-refractivity contribution >= 4 is 37.6 Å². The molecule has 1 saturated carbocycles. The first-order valence-electron chi connectivity index (χ1n) is 7.07. The highest BCUT2D eigenvalue weighted by atomic mass is 79.9. The summed E-state index contributed by atoms with van der Waals surface area (Å²) < 4.78 is 27.8. The molecule has 0 bridgehead atoms. The SMILES string of the molecule is CN(C1CCC(C)(C)CC1)S(=O)(=O)c1ccc(Br)cc1Cl. The maximum Gasteiger partial charge on any atom is 0.244 e. The number of nitrogens with zero attached hydrogens (tertiary/aromatic N) is 1. The van der Waals surface area contributed by atoms with Gasteiger partial charge in [0.2, 0.25) is 10.0 Å². The maximum atomic E-state index is 12.8. The number of halogens is 2. The zero-order valence-corrected chi connectivity index (χ0v) is 15.7. The Bertz CT molecular complexity index is 621. The normalized spacial score (nSPS) is 19.9. The van der Waals surface area contributed by atoms with Crippen molar-refractivity contribution in [2.75, 3.05) is 7.05 Å². The highest BCUT2D eigenvalue weighted by Gasteiger charge is 2.34. The van der Waals surface area contributed by atoms with Gasteiger partial charge in [0.1, 0.15) is 4.90 Å². The number of rotatable bonds is 3. The predicted octanol–water partition coefficient (Wildman–Crippen LogP) is 4.69. The third-order valence-electron chi connectivity index (χ3n) is 4.37. The Labute approximate surface area is 140 Å². The summed E-state index contributed by atoms with van der Waals surface area (Å²) in [4.78, 5) is 0.180. The van der Waals surface area contributed by atoms with E-state index in [0.717, 1.165) is 30.2 Å². The van der Waals surface area contributed by atoms with Crippen molar-refractivity contribution in [3.8, 4) is 0 Å². The van der Waals surface area contributed by atoms with Crippen LogP contribution in [0.1, 0.15) is 39.5 Å². The van der Waals surface area contributed by atoms with Crippen LogP contribution in [0.4, 0.5) is 0 Å². The minimum atomic E-state index is -3.54. The monoisotopic (exact) mass is 393 g/mol. The van der Waals surface area contributed by atoms with E-state index in [1.807, 2.05) is 0 Å². The summed E-state index contributed by atoms with van der Waals surface area (Å²) in [5, 5.41) is 0.257. The van der Waals surface area contributed by atoms with Crippen LogP contribution in [0.25, 0.3) is 0 Å². The minimum Gasteiger partial charge on any atom is -0.207 e. The predicted molar refractivity (Wildman–Crippen MR) is 90.1 cm³/mol. The molecule has 6 heteroatoms. The average molecular weight is 395 g/mol. The van der Waals surface area contributed by atoms with E-state index in [4.69, 9.17) is 11.6 Å². The van der Waals surface area contributed by atoms with E-state index in [0.29, 0.717) is 5.41 Å². The van der Waals surface area contributed by atoms with Gasteiger partial charge >= 0.3 is 0 Å². The number of hydrogen-bond acceptors (Lipinski definition) is 2. The Morgan fingerprint density at radius 3 is 2.38 bits per heavy atom. The molecule has 0 aliphatic heterocycles. The molecule has 1 aliphatic rings. The molecule has 0 N–H and O–H groups in total. The molecule has 0 spiro atoms. The first kappa shape index (κ1) is 17.3. The first-order valence-corrected chi connectivity index (χ1v) is 9.68. The Kier molecular flexibility index (Phi) is 5.08. The molecule has 0 aromatic heterocycles. The van der Waals surface area contributed by atoms with Crippen LogP contribution in [0.3, 0.4) is 0 Å². The smallest absolute Gasteiger partial charge is 0.207 e. The van der Waals surface area contributed by atoms with Gasteiger partial charge in [-0.15, -0.1) is 0 Å². The van der Waals surface area contributed by atoms with Crippen LogP contribution < -0.4 is 0 Å². The highest BCUT2D eigenvalue weighted by molar-refractivity contribution is 9.10. The van der Waals surface area contributed by atoms with Gasteiger partial charge in [0.25, 0.3) is 0 Å². The summed E-state index contributed by atoms with van der Waals surface area (Å²) >= 11 is 9.40. The van der Waals surface area contributed by atoms with Crippen LogP contribution in [-0.4, -0.2) is 25.8 Å². The van der Waals surface area contributed by atoms with Crippen molar-refractivity contribution in [1.82, 2.24) is 4.31 Å². The van der Waals surface area contributed by atoms with Crippen LogP contribution in [0.5, 0.6) is 0 Å². The molecule has 1 aromatic carbocycles. The third kappa shape index (κ3) is 3.81. The van der Waals surface area contributed by atoms with Gasteiger partial charge in [-0.3, -0.25) is 0 Å². The Morgan fingerprint density at radius 1 is 1.29 bits per heavy atom. The van der Waals surface area contributed by atoms with Gasteiger partial charge in [0, 0.05) is 17.6 Å². The van der Waals surface area contributed by atoms with Gasteiger partial charge in [-0.2, -0.15) is 4.31 Å². The lowest BCUT2D eigenvalue weighted by Crippen LogP contribution is -2.40. The molecule has 21 heavy (non-hydrogen) atoms. The van der Waals surface area contributed by atoms with Gasteiger partial charge < -0.3 is 0 Å². The fraction of sp³-hybridized carbons (Fsp3) is 0.600. The lowest BCUT2D eigenvalue weighted by atomic mass is 9.76. The summed E-state index contributed by atoms with van der Waals surface area (Å²) in [7, 11) is -1.88. The largest absolute Gasteiger partial charge is 0.244 e.